The van der Waals surface area contributed by atoms with Gasteiger partial charge in [-0.2, -0.15) is 10.4 Å². The highest BCUT2D eigenvalue weighted by Crippen LogP contribution is 2.30. The molecule has 0 unspecified atom stereocenters. The summed E-state index contributed by atoms with van der Waals surface area (Å²) in [6.45, 7) is 4.10. The van der Waals surface area contributed by atoms with Crippen LogP contribution in [0.15, 0.2) is 47.5 Å². The lowest BCUT2D eigenvalue weighted by atomic mass is 10.1. The van der Waals surface area contributed by atoms with E-state index in [1.54, 1.807) is 16.8 Å². The summed E-state index contributed by atoms with van der Waals surface area (Å²) in [6.07, 6.45) is 4.53. The van der Waals surface area contributed by atoms with Crippen molar-refractivity contribution in [1.29, 1.82) is 5.26 Å². The molecule has 0 fully saturated rings. The number of nitriles is 1. The van der Waals surface area contributed by atoms with Gasteiger partial charge in [0.1, 0.15) is 6.07 Å². The minimum atomic E-state index is 0.215. The summed E-state index contributed by atoms with van der Waals surface area (Å²) in [7, 11) is 0. The second kappa shape index (κ2) is 6.29. The maximum absolute atomic E-state index is 9.02. The molecule has 4 rings (SSSR count). The minimum Gasteiger partial charge on any atom is -0.423 e. The summed E-state index contributed by atoms with van der Waals surface area (Å²) in [5.41, 5.74) is 4.50. The highest BCUT2D eigenvalue weighted by molar-refractivity contribution is 5.77. The molecule has 0 amide bonds. The van der Waals surface area contributed by atoms with Gasteiger partial charge in [0, 0.05) is 12.2 Å². The van der Waals surface area contributed by atoms with Crippen molar-refractivity contribution in [3.8, 4) is 28.9 Å². The molecule has 0 bridgehead atoms. The lowest BCUT2D eigenvalue weighted by Crippen LogP contribution is -2.11. The second-order valence-corrected chi connectivity index (χ2v) is 6.07. The van der Waals surface area contributed by atoms with Crippen molar-refractivity contribution in [1.82, 2.24) is 24.8 Å². The average Bonchev–Trinajstić information content (AvgIpc) is 3.30. The van der Waals surface area contributed by atoms with Crippen LogP contribution >= 0.6 is 0 Å². The molecule has 0 aliphatic heterocycles. The standard InChI is InChI=1S/C18H15N7O/c1-11(2)23-15-6-16(20-9-14(15)18-24-21-10-26-18)17-4-3-13-5-12(7-19)8-22-25(13)17/h3-6,8-11H,1-2H3,(H,20,23). The minimum absolute atomic E-state index is 0.215. The molecule has 0 radical (unpaired) electrons. The zero-order valence-corrected chi connectivity index (χ0v) is 14.2. The van der Waals surface area contributed by atoms with Crippen molar-refractivity contribution in [2.24, 2.45) is 0 Å². The van der Waals surface area contributed by atoms with Crippen LogP contribution in [0.1, 0.15) is 19.4 Å². The fourth-order valence-electron chi connectivity index (χ4n) is 2.74. The average molecular weight is 345 g/mol. The van der Waals surface area contributed by atoms with Crippen LogP contribution in [0.3, 0.4) is 0 Å². The smallest absolute Gasteiger partial charge is 0.251 e. The van der Waals surface area contributed by atoms with Gasteiger partial charge in [0.15, 0.2) is 0 Å². The third-order valence-corrected chi connectivity index (χ3v) is 3.83. The van der Waals surface area contributed by atoms with Crippen molar-refractivity contribution in [3.05, 3.63) is 48.6 Å². The van der Waals surface area contributed by atoms with Gasteiger partial charge in [-0.25, -0.2) is 4.52 Å². The van der Waals surface area contributed by atoms with Gasteiger partial charge in [-0.05, 0) is 38.1 Å². The van der Waals surface area contributed by atoms with E-state index in [1.807, 2.05) is 18.2 Å². The van der Waals surface area contributed by atoms with E-state index in [4.69, 9.17) is 9.68 Å². The van der Waals surface area contributed by atoms with Gasteiger partial charge in [0.05, 0.1) is 39.9 Å². The highest BCUT2D eigenvalue weighted by atomic mass is 16.4. The van der Waals surface area contributed by atoms with Crippen molar-refractivity contribution in [2.75, 3.05) is 5.32 Å². The summed E-state index contributed by atoms with van der Waals surface area (Å²) in [6, 6.07) is 9.87. The Morgan fingerprint density at radius 1 is 1.23 bits per heavy atom. The fraction of sp³-hybridized carbons (Fsp3) is 0.167. The van der Waals surface area contributed by atoms with Gasteiger partial charge in [-0.3, -0.25) is 4.98 Å². The lowest BCUT2D eigenvalue weighted by Gasteiger charge is -2.14. The molecular formula is C18H15N7O. The maximum atomic E-state index is 9.02. The van der Waals surface area contributed by atoms with Crippen LogP contribution in [0.2, 0.25) is 0 Å². The van der Waals surface area contributed by atoms with Crippen LogP contribution < -0.4 is 5.32 Å². The van der Waals surface area contributed by atoms with E-state index in [9.17, 15) is 0 Å². The zero-order valence-electron chi connectivity index (χ0n) is 14.2. The summed E-state index contributed by atoms with van der Waals surface area (Å²) < 4.78 is 7.08. The number of hydrogen-bond donors (Lipinski definition) is 1. The predicted molar refractivity (Wildman–Crippen MR) is 95.2 cm³/mol. The first-order valence-corrected chi connectivity index (χ1v) is 8.07. The Bertz CT molecular complexity index is 1110. The molecule has 26 heavy (non-hydrogen) atoms. The van der Waals surface area contributed by atoms with Crippen LogP contribution in [0, 0.1) is 11.3 Å². The molecule has 8 nitrogen and oxygen atoms in total. The van der Waals surface area contributed by atoms with E-state index >= 15 is 0 Å². The molecule has 0 saturated heterocycles. The molecule has 0 spiro atoms. The van der Waals surface area contributed by atoms with E-state index in [1.165, 1.54) is 12.6 Å². The second-order valence-electron chi connectivity index (χ2n) is 6.07. The van der Waals surface area contributed by atoms with Gasteiger partial charge in [-0.15, -0.1) is 10.2 Å². The SMILES string of the molecule is CC(C)Nc1cc(-c2ccc3cc(C#N)cnn23)ncc1-c1nnco1. The van der Waals surface area contributed by atoms with Crippen molar-refractivity contribution < 1.29 is 4.42 Å². The first kappa shape index (κ1) is 15.8. The lowest BCUT2D eigenvalue weighted by molar-refractivity contribution is 0.568. The van der Waals surface area contributed by atoms with Crippen LogP contribution in [0.5, 0.6) is 0 Å². The number of anilines is 1. The molecular weight excluding hydrogens is 330 g/mol. The summed E-state index contributed by atoms with van der Waals surface area (Å²) >= 11 is 0. The Hall–Kier alpha value is -3.73. The zero-order chi connectivity index (χ0) is 18.1. The van der Waals surface area contributed by atoms with E-state index in [0.29, 0.717) is 11.5 Å². The maximum Gasteiger partial charge on any atom is 0.251 e. The fourth-order valence-corrected chi connectivity index (χ4v) is 2.74. The molecule has 8 heteroatoms. The number of fused-ring (bicyclic) bond motifs is 1. The normalized spacial score (nSPS) is 11.0. The highest BCUT2D eigenvalue weighted by Gasteiger charge is 2.15. The van der Waals surface area contributed by atoms with Gasteiger partial charge >= 0.3 is 0 Å². The third kappa shape index (κ3) is 2.75. The molecule has 0 atom stereocenters. The molecule has 0 aromatic carbocycles. The Labute approximate surface area is 149 Å². The topological polar surface area (TPSA) is 105 Å². The molecule has 1 N–H and O–H groups in total. The quantitative estimate of drug-likeness (QED) is 0.605. The number of pyridine rings is 1. The van der Waals surface area contributed by atoms with Crippen LogP contribution in [-0.4, -0.2) is 30.8 Å². The molecule has 4 aromatic heterocycles. The Kier molecular flexibility index (Phi) is 3.82. The van der Waals surface area contributed by atoms with Gasteiger partial charge < -0.3 is 9.73 Å². The van der Waals surface area contributed by atoms with Crippen LogP contribution in [0.4, 0.5) is 5.69 Å². The number of nitrogens with one attached hydrogen (secondary N) is 1. The first-order valence-electron chi connectivity index (χ1n) is 8.07. The van der Waals surface area contributed by atoms with Crippen molar-refractivity contribution in [2.45, 2.75) is 19.9 Å². The molecule has 4 aromatic rings. The number of rotatable bonds is 4. The van der Waals surface area contributed by atoms with Crippen molar-refractivity contribution in [3.63, 3.8) is 0 Å². The number of hydrogen-bond acceptors (Lipinski definition) is 7. The Morgan fingerprint density at radius 2 is 2.12 bits per heavy atom. The largest absolute Gasteiger partial charge is 0.423 e. The molecule has 0 saturated carbocycles. The predicted octanol–water partition coefficient (Wildman–Crippen LogP) is 3.14. The number of aromatic nitrogens is 5. The van der Waals surface area contributed by atoms with Crippen molar-refractivity contribution >= 4 is 11.2 Å². The summed E-state index contributed by atoms with van der Waals surface area (Å²) in [4.78, 5) is 4.54. The van der Waals surface area contributed by atoms with Gasteiger partial charge in [0.2, 0.25) is 6.39 Å². The molecule has 0 aliphatic rings. The number of nitrogens with zero attached hydrogens (tertiary/aromatic N) is 6. The molecule has 4 heterocycles. The summed E-state index contributed by atoms with van der Waals surface area (Å²) in [5.74, 6) is 0.406. The molecule has 128 valence electrons. The first-order chi connectivity index (χ1) is 12.7. The van der Waals surface area contributed by atoms with E-state index < -0.39 is 0 Å². The monoisotopic (exact) mass is 345 g/mol. The van der Waals surface area contributed by atoms with E-state index in [-0.39, 0.29) is 6.04 Å². The Balaban J connectivity index is 1.84. The van der Waals surface area contributed by atoms with Gasteiger partial charge in [-0.1, -0.05) is 0 Å². The van der Waals surface area contributed by atoms with Gasteiger partial charge in [0.25, 0.3) is 5.89 Å². The summed E-state index contributed by atoms with van der Waals surface area (Å²) in [5, 5.41) is 24.5. The third-order valence-electron chi connectivity index (χ3n) is 3.83. The van der Waals surface area contributed by atoms with E-state index in [0.717, 1.165) is 28.2 Å². The van der Waals surface area contributed by atoms with Crippen LogP contribution in [-0.2, 0) is 0 Å². The van der Waals surface area contributed by atoms with E-state index in [2.05, 4.69) is 45.5 Å². The molecule has 0 aliphatic carbocycles. The van der Waals surface area contributed by atoms with Crippen LogP contribution in [0.25, 0.3) is 28.4 Å². The Morgan fingerprint density at radius 3 is 2.85 bits per heavy atom.